The van der Waals surface area contributed by atoms with Crippen LogP contribution in [0.3, 0.4) is 0 Å². The first-order valence-corrected chi connectivity index (χ1v) is 8.89. The minimum Gasteiger partial charge on any atom is -0.172 e. The predicted octanol–water partition coefficient (Wildman–Crippen LogP) is 4.27. The van der Waals surface area contributed by atoms with Gasteiger partial charge < -0.3 is 0 Å². The van der Waals surface area contributed by atoms with Gasteiger partial charge in [0.25, 0.3) is 0 Å². The lowest BCUT2D eigenvalue weighted by Crippen LogP contribution is -1.78. The van der Waals surface area contributed by atoms with Crippen LogP contribution < -0.4 is 0 Å². The lowest BCUT2D eigenvalue weighted by molar-refractivity contribution is 1.13. The summed E-state index contributed by atoms with van der Waals surface area (Å²) in [5, 5.41) is 0. The number of hydrogen-bond acceptors (Lipinski definition) is 0. The zero-order chi connectivity index (χ0) is 10.6. The molecule has 0 bridgehead atoms. The van der Waals surface area contributed by atoms with Crippen LogP contribution in [-0.4, -0.2) is 8.11 Å². The number of allylic oxidation sites excluding steroid dienone is 4. The maximum atomic E-state index is 5.41. The Morgan fingerprint density at radius 1 is 0.923 bits per heavy atom. The molecule has 0 saturated carbocycles. The minimum atomic E-state index is -0.667. The molecular formula is C11H21ClSi. The van der Waals surface area contributed by atoms with Crippen LogP contribution in [0.5, 0.6) is 0 Å². The Hall–Kier alpha value is -0.0131. The number of rotatable bonds is 0. The fourth-order valence-corrected chi connectivity index (χ4v) is 1.30. The van der Waals surface area contributed by atoms with Gasteiger partial charge in [-0.1, -0.05) is 24.2 Å². The Labute approximate surface area is 89.0 Å². The van der Waals surface area contributed by atoms with Crippen LogP contribution in [0.1, 0.15) is 34.1 Å². The third kappa shape index (κ3) is 4.68. The van der Waals surface area contributed by atoms with Crippen molar-refractivity contribution in [2.45, 2.75) is 47.2 Å². The zero-order valence-electron chi connectivity index (χ0n) is 9.66. The van der Waals surface area contributed by atoms with E-state index in [0.29, 0.717) is 0 Å². The van der Waals surface area contributed by atoms with E-state index in [1.807, 2.05) is 0 Å². The Balaban J connectivity index is 0.000000310. The van der Waals surface area contributed by atoms with Gasteiger partial charge in [-0.2, -0.15) is 11.1 Å². The van der Waals surface area contributed by atoms with Gasteiger partial charge in [-0.25, -0.2) is 0 Å². The molecule has 0 N–H and O–H groups in total. The molecule has 1 aliphatic rings. The number of hydrogen-bond donors (Lipinski definition) is 0. The molecule has 0 fully saturated rings. The van der Waals surface area contributed by atoms with E-state index >= 15 is 0 Å². The predicted molar refractivity (Wildman–Crippen MR) is 66.1 cm³/mol. The first kappa shape index (κ1) is 13.0. The van der Waals surface area contributed by atoms with Crippen LogP contribution >= 0.6 is 11.1 Å². The molecule has 13 heavy (non-hydrogen) atoms. The summed E-state index contributed by atoms with van der Waals surface area (Å²) in [6.45, 7) is 13.0. The quantitative estimate of drug-likeness (QED) is 0.419. The summed E-state index contributed by atoms with van der Waals surface area (Å²) in [4.78, 5) is 0. The van der Waals surface area contributed by atoms with E-state index < -0.39 is 8.11 Å². The third-order valence-corrected chi connectivity index (χ3v) is 2.37. The SMILES string of the molecule is CC1=C(C)C(C)=C(C)C1.C[SiH](C)Cl. The lowest BCUT2D eigenvalue weighted by atomic mass is 10.1. The molecule has 76 valence electrons. The topological polar surface area (TPSA) is 0 Å². The van der Waals surface area contributed by atoms with Crippen molar-refractivity contribution in [1.82, 2.24) is 0 Å². The molecule has 0 heterocycles. The number of halogens is 1. The van der Waals surface area contributed by atoms with Crippen LogP contribution in [0.4, 0.5) is 0 Å². The Morgan fingerprint density at radius 3 is 1.23 bits per heavy atom. The van der Waals surface area contributed by atoms with Crippen LogP contribution in [0, 0.1) is 0 Å². The van der Waals surface area contributed by atoms with Crippen molar-refractivity contribution in [1.29, 1.82) is 0 Å². The van der Waals surface area contributed by atoms with E-state index in [1.165, 1.54) is 17.6 Å². The molecule has 0 aromatic carbocycles. The molecule has 0 aromatic rings. The van der Waals surface area contributed by atoms with Gasteiger partial charge >= 0.3 is 0 Å². The minimum absolute atomic E-state index is 0.667. The van der Waals surface area contributed by atoms with Crippen molar-refractivity contribution in [3.63, 3.8) is 0 Å². The highest BCUT2D eigenvalue weighted by Gasteiger charge is 2.10. The van der Waals surface area contributed by atoms with Crippen LogP contribution in [-0.2, 0) is 0 Å². The van der Waals surface area contributed by atoms with Crippen LogP contribution in [0.25, 0.3) is 0 Å². The van der Waals surface area contributed by atoms with E-state index in [-0.39, 0.29) is 0 Å². The van der Waals surface area contributed by atoms with Crippen LogP contribution in [0.2, 0.25) is 13.1 Å². The average Bonchev–Trinajstić information content (AvgIpc) is 2.17. The van der Waals surface area contributed by atoms with Crippen molar-refractivity contribution >= 4 is 19.2 Å². The molecule has 1 rings (SSSR count). The largest absolute Gasteiger partial charge is 0.172 e. The molecule has 1 aliphatic carbocycles. The maximum Gasteiger partial charge on any atom is 0.134 e. The second-order valence-corrected chi connectivity index (χ2v) is 8.65. The third-order valence-electron chi connectivity index (χ3n) is 2.37. The molecule has 0 atom stereocenters. The highest BCUT2D eigenvalue weighted by molar-refractivity contribution is 7.05. The maximum absolute atomic E-state index is 5.41. The van der Waals surface area contributed by atoms with Gasteiger partial charge in [0.2, 0.25) is 0 Å². The van der Waals surface area contributed by atoms with Crippen molar-refractivity contribution < 1.29 is 0 Å². The average molecular weight is 217 g/mol. The van der Waals surface area contributed by atoms with Gasteiger partial charge in [0.1, 0.15) is 8.11 Å². The summed E-state index contributed by atoms with van der Waals surface area (Å²) < 4.78 is 0. The standard InChI is InChI=1S/C9H14.C2H7ClSi/c1-6-5-7(2)9(4)8(6)3;1-4(2)3/h5H2,1-4H3;4H,1-2H3. The molecular weight excluding hydrogens is 196 g/mol. The fourth-order valence-electron chi connectivity index (χ4n) is 1.30. The molecule has 0 aromatic heterocycles. The van der Waals surface area contributed by atoms with Crippen molar-refractivity contribution in [3.05, 3.63) is 22.3 Å². The first-order valence-electron chi connectivity index (χ1n) is 4.83. The summed E-state index contributed by atoms with van der Waals surface area (Å²) in [5.74, 6) is 0. The van der Waals surface area contributed by atoms with Gasteiger partial charge in [0.15, 0.2) is 0 Å². The van der Waals surface area contributed by atoms with Crippen molar-refractivity contribution in [2.75, 3.05) is 0 Å². The van der Waals surface area contributed by atoms with Crippen molar-refractivity contribution in [2.24, 2.45) is 0 Å². The lowest BCUT2D eigenvalue weighted by Gasteiger charge is -1.94. The molecule has 0 nitrogen and oxygen atoms in total. The van der Waals surface area contributed by atoms with E-state index in [1.54, 1.807) is 11.1 Å². The molecule has 0 spiro atoms. The zero-order valence-corrected chi connectivity index (χ0v) is 11.6. The monoisotopic (exact) mass is 216 g/mol. The Morgan fingerprint density at radius 2 is 1.15 bits per heavy atom. The van der Waals surface area contributed by atoms with E-state index in [2.05, 4.69) is 40.8 Å². The summed E-state index contributed by atoms with van der Waals surface area (Å²) >= 11 is 5.41. The van der Waals surface area contributed by atoms with E-state index in [9.17, 15) is 0 Å². The van der Waals surface area contributed by atoms with Gasteiger partial charge in [-0.15, -0.1) is 0 Å². The van der Waals surface area contributed by atoms with Crippen LogP contribution in [0.15, 0.2) is 22.3 Å². The normalized spacial score (nSPS) is 16.6. The summed E-state index contributed by atoms with van der Waals surface area (Å²) in [6, 6.07) is 0. The van der Waals surface area contributed by atoms with E-state index in [4.69, 9.17) is 11.1 Å². The Kier molecular flexibility index (Phi) is 5.66. The molecule has 0 radical (unpaired) electrons. The molecule has 0 aliphatic heterocycles. The molecule has 0 saturated heterocycles. The second-order valence-electron chi connectivity index (χ2n) is 4.00. The van der Waals surface area contributed by atoms with Crippen molar-refractivity contribution in [3.8, 4) is 0 Å². The first-order chi connectivity index (χ1) is 5.86. The molecule has 0 unspecified atom stereocenters. The van der Waals surface area contributed by atoms with Gasteiger partial charge in [0.05, 0.1) is 0 Å². The van der Waals surface area contributed by atoms with Gasteiger partial charge in [-0.05, 0) is 45.3 Å². The van der Waals surface area contributed by atoms with E-state index in [0.717, 1.165) is 0 Å². The Bertz CT molecular complexity index is 212. The summed E-state index contributed by atoms with van der Waals surface area (Å²) in [5.41, 5.74) is 6.11. The molecule has 0 amide bonds. The fraction of sp³-hybridized carbons (Fsp3) is 0.636. The van der Waals surface area contributed by atoms with Gasteiger partial charge in [0, 0.05) is 0 Å². The summed E-state index contributed by atoms with van der Waals surface area (Å²) in [7, 11) is -0.667. The highest BCUT2D eigenvalue weighted by atomic mass is 35.6. The van der Waals surface area contributed by atoms with Gasteiger partial charge in [-0.3, -0.25) is 0 Å². The molecule has 2 heteroatoms. The highest BCUT2D eigenvalue weighted by Crippen LogP contribution is 2.30. The smallest absolute Gasteiger partial charge is 0.134 e. The second kappa shape index (κ2) is 5.66. The summed E-state index contributed by atoms with van der Waals surface area (Å²) in [6.07, 6.45) is 1.21.